The number of nitrogens with one attached hydrogen (secondary N) is 2. The number of carbonyl (C=O) groups is 2. The van der Waals surface area contributed by atoms with Gasteiger partial charge >= 0.3 is 0 Å². The molecule has 0 radical (unpaired) electrons. The molecule has 3 rings (SSSR count). The molecule has 1 aliphatic carbocycles. The number of hydrogen-bond donors (Lipinski definition) is 2. The lowest BCUT2D eigenvalue weighted by Gasteiger charge is -2.46. The van der Waals surface area contributed by atoms with Crippen molar-refractivity contribution >= 4 is 24.0 Å². The van der Waals surface area contributed by atoms with Crippen molar-refractivity contribution in [1.29, 1.82) is 0 Å². The zero-order valence-electron chi connectivity index (χ0n) is 26.2. The summed E-state index contributed by atoms with van der Waals surface area (Å²) in [6, 6.07) is 16.8. The van der Waals surface area contributed by atoms with E-state index in [0.717, 1.165) is 30.4 Å². The molecule has 1 aliphatic rings. The van der Waals surface area contributed by atoms with Crippen molar-refractivity contribution in [1.82, 2.24) is 10.6 Å². The first-order valence-electron chi connectivity index (χ1n) is 14.6. The molecule has 2 N–H and O–H groups in total. The first-order chi connectivity index (χ1) is 18.4. The van der Waals surface area contributed by atoms with E-state index in [1.807, 2.05) is 12.2 Å². The minimum Gasteiger partial charge on any atom is -0.352 e. The fourth-order valence-corrected chi connectivity index (χ4v) is 6.01. The lowest BCUT2D eigenvalue weighted by atomic mass is 9.62. The van der Waals surface area contributed by atoms with Crippen LogP contribution in [0.25, 0.3) is 12.2 Å². The van der Waals surface area contributed by atoms with Gasteiger partial charge in [0.15, 0.2) is 0 Å². The third kappa shape index (κ3) is 9.50. The second kappa shape index (κ2) is 12.2. The zero-order chi connectivity index (χ0) is 29.8. The predicted octanol–water partition coefficient (Wildman–Crippen LogP) is 7.83. The zero-order valence-corrected chi connectivity index (χ0v) is 26.2. The molecule has 4 nitrogen and oxygen atoms in total. The molecule has 0 bridgehead atoms. The Labute approximate surface area is 242 Å². The molecule has 216 valence electrons. The molecule has 0 spiro atoms. The van der Waals surface area contributed by atoms with E-state index in [-0.39, 0.29) is 39.5 Å². The highest BCUT2D eigenvalue weighted by atomic mass is 16.2. The summed E-state index contributed by atoms with van der Waals surface area (Å²) in [6.07, 6.45) is 9.71. The van der Waals surface area contributed by atoms with Crippen LogP contribution in [0.1, 0.15) is 104 Å². The summed E-state index contributed by atoms with van der Waals surface area (Å²) < 4.78 is 0. The highest BCUT2D eigenvalue weighted by Gasteiger charge is 2.41. The number of carbonyl (C=O) groups excluding carboxylic acids is 2. The van der Waals surface area contributed by atoms with Gasteiger partial charge in [0.05, 0.1) is 0 Å². The predicted molar refractivity (Wildman–Crippen MR) is 169 cm³/mol. The fourth-order valence-electron chi connectivity index (χ4n) is 6.01. The molecule has 1 fully saturated rings. The van der Waals surface area contributed by atoms with Crippen molar-refractivity contribution in [3.63, 3.8) is 0 Å². The van der Waals surface area contributed by atoms with Gasteiger partial charge in [0, 0.05) is 24.7 Å². The Morgan fingerprint density at radius 1 is 0.750 bits per heavy atom. The van der Waals surface area contributed by atoms with Crippen LogP contribution in [0, 0.1) is 10.8 Å². The number of amides is 2. The molecule has 2 atom stereocenters. The smallest absolute Gasteiger partial charge is 0.244 e. The first kappa shape index (κ1) is 31.4. The van der Waals surface area contributed by atoms with Gasteiger partial charge in [0.1, 0.15) is 0 Å². The molecular formula is C36H50N2O2. The average molecular weight is 543 g/mol. The van der Waals surface area contributed by atoms with Crippen molar-refractivity contribution in [2.45, 2.75) is 98.4 Å². The van der Waals surface area contributed by atoms with Crippen LogP contribution < -0.4 is 10.6 Å². The maximum absolute atomic E-state index is 12.8. The maximum atomic E-state index is 12.8. The third-order valence-corrected chi connectivity index (χ3v) is 7.89. The highest BCUT2D eigenvalue weighted by molar-refractivity contribution is 5.92. The molecule has 0 heterocycles. The summed E-state index contributed by atoms with van der Waals surface area (Å²) >= 11 is 0. The van der Waals surface area contributed by atoms with Crippen molar-refractivity contribution in [3.05, 3.63) is 82.9 Å². The Bertz CT molecular complexity index is 1220. The number of hydrogen-bond acceptors (Lipinski definition) is 2. The summed E-state index contributed by atoms with van der Waals surface area (Å²) in [5.41, 5.74) is 4.73. The summed E-state index contributed by atoms with van der Waals surface area (Å²) in [7, 11) is 0. The van der Waals surface area contributed by atoms with Gasteiger partial charge in [0.2, 0.25) is 11.8 Å². The Kier molecular flexibility index (Phi) is 9.54. The van der Waals surface area contributed by atoms with Crippen LogP contribution >= 0.6 is 0 Å². The van der Waals surface area contributed by atoms with E-state index in [4.69, 9.17) is 0 Å². The van der Waals surface area contributed by atoms with Crippen LogP contribution in [0.3, 0.4) is 0 Å². The topological polar surface area (TPSA) is 58.2 Å². The second-order valence-corrected chi connectivity index (χ2v) is 14.9. The average Bonchev–Trinajstić information content (AvgIpc) is 2.83. The Morgan fingerprint density at radius 2 is 1.20 bits per heavy atom. The van der Waals surface area contributed by atoms with Crippen LogP contribution in [0.15, 0.2) is 60.7 Å². The quantitative estimate of drug-likeness (QED) is 0.350. The molecule has 2 aromatic rings. The van der Waals surface area contributed by atoms with Crippen LogP contribution in [-0.2, 0) is 20.4 Å². The molecule has 0 aromatic heterocycles. The van der Waals surface area contributed by atoms with E-state index in [2.05, 4.69) is 121 Å². The molecule has 2 unspecified atom stereocenters. The SMILES string of the molecule is CC1(C)CC(NC(=O)C=Cc2ccc(C(C)(C)C)cc2)CC(C)(CNC(=O)C=Cc2ccc(C(C)(C)C)cc2)C1. The monoisotopic (exact) mass is 542 g/mol. The van der Waals surface area contributed by atoms with Gasteiger partial charge in [-0.3, -0.25) is 9.59 Å². The van der Waals surface area contributed by atoms with E-state index in [9.17, 15) is 9.59 Å². The molecule has 0 saturated heterocycles. The minimum atomic E-state index is -0.107. The number of benzene rings is 2. The highest BCUT2D eigenvalue weighted by Crippen LogP contribution is 2.45. The van der Waals surface area contributed by atoms with Gasteiger partial charge in [-0.25, -0.2) is 0 Å². The molecule has 4 heteroatoms. The Morgan fingerprint density at radius 3 is 1.65 bits per heavy atom. The van der Waals surface area contributed by atoms with Gasteiger partial charge in [-0.05, 0) is 75.3 Å². The van der Waals surface area contributed by atoms with Gasteiger partial charge in [-0.15, -0.1) is 0 Å². The molecular weight excluding hydrogens is 492 g/mol. The normalized spacial score (nSPS) is 21.5. The van der Waals surface area contributed by atoms with Crippen LogP contribution in [0.5, 0.6) is 0 Å². The van der Waals surface area contributed by atoms with Crippen LogP contribution in [-0.4, -0.2) is 24.4 Å². The largest absolute Gasteiger partial charge is 0.352 e. The third-order valence-electron chi connectivity index (χ3n) is 7.89. The Hall–Kier alpha value is -3.14. The molecule has 0 aliphatic heterocycles. The number of rotatable bonds is 7. The van der Waals surface area contributed by atoms with Crippen LogP contribution in [0.2, 0.25) is 0 Å². The first-order valence-corrected chi connectivity index (χ1v) is 14.6. The fraction of sp³-hybridized carbons (Fsp3) is 0.500. The maximum Gasteiger partial charge on any atom is 0.244 e. The summed E-state index contributed by atoms with van der Waals surface area (Å²) in [5.74, 6) is -0.167. The summed E-state index contributed by atoms with van der Waals surface area (Å²) in [6.45, 7) is 20.4. The second-order valence-electron chi connectivity index (χ2n) is 14.9. The summed E-state index contributed by atoms with van der Waals surface area (Å²) in [4.78, 5) is 25.5. The standard InChI is InChI=1S/C36H50N2O2/c1-33(2,3)28-16-10-26(11-17-28)14-20-31(39)37-25-36(9)23-30(22-35(7,8)24-36)38-32(40)21-15-27-12-18-29(19-13-27)34(4,5)6/h10-21,30H,22-25H2,1-9H3,(H,37,39)(H,38,40). The van der Waals surface area contributed by atoms with Crippen molar-refractivity contribution < 1.29 is 9.59 Å². The van der Waals surface area contributed by atoms with Crippen molar-refractivity contribution in [3.8, 4) is 0 Å². The molecule has 2 amide bonds. The minimum absolute atomic E-state index is 0.0583. The van der Waals surface area contributed by atoms with E-state index in [1.165, 1.54) is 11.1 Å². The van der Waals surface area contributed by atoms with E-state index < -0.39 is 0 Å². The van der Waals surface area contributed by atoms with Gasteiger partial charge in [-0.1, -0.05) is 111 Å². The van der Waals surface area contributed by atoms with Gasteiger partial charge < -0.3 is 10.6 Å². The Balaban J connectivity index is 1.55. The lowest BCUT2D eigenvalue weighted by molar-refractivity contribution is -0.119. The van der Waals surface area contributed by atoms with Crippen LogP contribution in [0.4, 0.5) is 0 Å². The lowest BCUT2D eigenvalue weighted by Crippen LogP contribution is -2.50. The summed E-state index contributed by atoms with van der Waals surface area (Å²) in [5, 5.41) is 6.35. The molecule has 1 saturated carbocycles. The van der Waals surface area contributed by atoms with Crippen molar-refractivity contribution in [2.24, 2.45) is 10.8 Å². The van der Waals surface area contributed by atoms with Gasteiger partial charge in [-0.2, -0.15) is 0 Å². The van der Waals surface area contributed by atoms with E-state index in [0.29, 0.717) is 6.54 Å². The molecule has 40 heavy (non-hydrogen) atoms. The molecule has 2 aromatic carbocycles. The van der Waals surface area contributed by atoms with E-state index >= 15 is 0 Å². The van der Waals surface area contributed by atoms with Gasteiger partial charge in [0.25, 0.3) is 0 Å². The van der Waals surface area contributed by atoms with E-state index in [1.54, 1.807) is 12.2 Å². The van der Waals surface area contributed by atoms with Crippen molar-refractivity contribution in [2.75, 3.05) is 6.54 Å².